The van der Waals surface area contributed by atoms with Crippen molar-refractivity contribution in [2.45, 2.75) is 26.3 Å². The fraction of sp³-hybridized carbons (Fsp3) is 0.389. The molecule has 1 saturated heterocycles. The lowest BCUT2D eigenvalue weighted by Gasteiger charge is -2.24. The van der Waals surface area contributed by atoms with E-state index in [1.807, 2.05) is 31.0 Å². The van der Waals surface area contributed by atoms with E-state index in [1.165, 1.54) is 29.0 Å². The van der Waals surface area contributed by atoms with E-state index < -0.39 is 0 Å². The molecule has 1 aliphatic heterocycles. The number of thiophene rings is 1. The maximum absolute atomic E-state index is 12.5. The molecule has 4 heteroatoms. The average Bonchev–Trinajstić information content (AvgIpc) is 3.18. The van der Waals surface area contributed by atoms with Crippen LogP contribution >= 0.6 is 11.3 Å². The van der Waals surface area contributed by atoms with E-state index in [9.17, 15) is 4.79 Å². The van der Waals surface area contributed by atoms with Gasteiger partial charge in [0.2, 0.25) is 0 Å². The first-order valence-corrected chi connectivity index (χ1v) is 8.61. The zero-order valence-electron chi connectivity index (χ0n) is 13.2. The zero-order chi connectivity index (χ0) is 15.5. The summed E-state index contributed by atoms with van der Waals surface area (Å²) in [6, 6.07) is 12.4. The molecular weight excluding hydrogens is 292 g/mol. The lowest BCUT2D eigenvalue weighted by Crippen LogP contribution is -2.27. The minimum atomic E-state index is 0.106. The standard InChI is InChI=1S/C18H22N2OS/c1-14-9-10-17(22-14)18(21)19(2)13-15-7-3-4-8-16(15)20-11-5-6-12-20/h3-4,7-10H,5-6,11-13H2,1-2H3. The summed E-state index contributed by atoms with van der Waals surface area (Å²) in [5.74, 6) is 0.106. The summed E-state index contributed by atoms with van der Waals surface area (Å²) in [4.78, 5) is 18.8. The van der Waals surface area contributed by atoms with Crippen LogP contribution in [0.4, 0.5) is 5.69 Å². The normalized spacial score (nSPS) is 14.4. The molecule has 3 rings (SSSR count). The molecule has 0 aliphatic carbocycles. The number of para-hydroxylation sites is 1. The van der Waals surface area contributed by atoms with Crippen molar-refractivity contribution in [2.24, 2.45) is 0 Å². The molecule has 1 aliphatic rings. The van der Waals surface area contributed by atoms with Crippen molar-refractivity contribution in [1.29, 1.82) is 0 Å². The molecule has 1 amide bonds. The third-order valence-corrected chi connectivity index (χ3v) is 5.13. The maximum atomic E-state index is 12.5. The van der Waals surface area contributed by atoms with Gasteiger partial charge in [-0.2, -0.15) is 0 Å². The quantitative estimate of drug-likeness (QED) is 0.853. The monoisotopic (exact) mass is 314 g/mol. The van der Waals surface area contributed by atoms with E-state index in [0.29, 0.717) is 6.54 Å². The first-order chi connectivity index (χ1) is 10.6. The van der Waals surface area contributed by atoms with Gasteiger partial charge in [-0.3, -0.25) is 4.79 Å². The smallest absolute Gasteiger partial charge is 0.263 e. The highest BCUT2D eigenvalue weighted by molar-refractivity contribution is 7.13. The van der Waals surface area contributed by atoms with Crippen molar-refractivity contribution < 1.29 is 4.79 Å². The van der Waals surface area contributed by atoms with Gasteiger partial charge in [-0.25, -0.2) is 0 Å². The number of carbonyl (C=O) groups excluding carboxylic acids is 1. The van der Waals surface area contributed by atoms with Gasteiger partial charge in [-0.15, -0.1) is 11.3 Å². The molecule has 0 saturated carbocycles. The number of anilines is 1. The third kappa shape index (κ3) is 3.17. The van der Waals surface area contributed by atoms with Crippen LogP contribution in [0.1, 0.15) is 33.0 Å². The predicted molar refractivity (Wildman–Crippen MR) is 92.7 cm³/mol. The van der Waals surface area contributed by atoms with Crippen LogP contribution in [-0.4, -0.2) is 30.9 Å². The Morgan fingerprint density at radius 2 is 1.91 bits per heavy atom. The molecular formula is C18H22N2OS. The van der Waals surface area contributed by atoms with Crippen molar-refractivity contribution >= 4 is 22.9 Å². The Morgan fingerprint density at radius 1 is 1.18 bits per heavy atom. The molecule has 0 bridgehead atoms. The zero-order valence-corrected chi connectivity index (χ0v) is 14.0. The average molecular weight is 314 g/mol. The van der Waals surface area contributed by atoms with Crippen molar-refractivity contribution in [3.05, 3.63) is 51.7 Å². The molecule has 0 atom stereocenters. The summed E-state index contributed by atoms with van der Waals surface area (Å²) in [5, 5.41) is 0. The third-order valence-electron chi connectivity index (χ3n) is 4.14. The minimum Gasteiger partial charge on any atom is -0.371 e. The Morgan fingerprint density at radius 3 is 2.59 bits per heavy atom. The molecule has 0 N–H and O–H groups in total. The van der Waals surface area contributed by atoms with Gasteiger partial charge in [0.1, 0.15) is 0 Å². The van der Waals surface area contributed by atoms with Gasteiger partial charge in [-0.1, -0.05) is 18.2 Å². The van der Waals surface area contributed by atoms with E-state index in [4.69, 9.17) is 0 Å². The highest BCUT2D eigenvalue weighted by atomic mass is 32.1. The molecule has 2 aromatic rings. The minimum absolute atomic E-state index is 0.106. The van der Waals surface area contributed by atoms with Gasteiger partial charge in [-0.05, 0) is 43.5 Å². The fourth-order valence-electron chi connectivity index (χ4n) is 2.98. The SMILES string of the molecule is Cc1ccc(C(=O)N(C)Cc2ccccc2N2CCCC2)s1. The number of hydrogen-bond acceptors (Lipinski definition) is 3. The number of hydrogen-bond donors (Lipinski definition) is 0. The number of carbonyl (C=O) groups is 1. The largest absolute Gasteiger partial charge is 0.371 e. The van der Waals surface area contributed by atoms with Crippen LogP contribution in [0.15, 0.2) is 36.4 Å². The number of amides is 1. The second-order valence-electron chi connectivity index (χ2n) is 5.89. The van der Waals surface area contributed by atoms with E-state index in [-0.39, 0.29) is 5.91 Å². The molecule has 1 aromatic heterocycles. The van der Waals surface area contributed by atoms with Crippen LogP contribution in [-0.2, 0) is 6.54 Å². The topological polar surface area (TPSA) is 23.6 Å². The summed E-state index contributed by atoms with van der Waals surface area (Å²) in [7, 11) is 1.89. The summed E-state index contributed by atoms with van der Waals surface area (Å²) in [6.07, 6.45) is 2.52. The molecule has 0 unspecified atom stereocenters. The van der Waals surface area contributed by atoms with Crippen LogP contribution in [0.2, 0.25) is 0 Å². The molecule has 3 nitrogen and oxygen atoms in total. The van der Waals surface area contributed by atoms with Crippen LogP contribution < -0.4 is 4.90 Å². The second-order valence-corrected chi connectivity index (χ2v) is 7.18. The van der Waals surface area contributed by atoms with Gasteiger partial charge in [0.15, 0.2) is 0 Å². The van der Waals surface area contributed by atoms with Crippen LogP contribution in [0, 0.1) is 6.92 Å². The molecule has 0 spiro atoms. The highest BCUT2D eigenvalue weighted by Crippen LogP contribution is 2.26. The van der Waals surface area contributed by atoms with Crippen molar-refractivity contribution in [2.75, 3.05) is 25.0 Å². The number of benzene rings is 1. The van der Waals surface area contributed by atoms with E-state index in [2.05, 4.69) is 29.2 Å². The summed E-state index contributed by atoms with van der Waals surface area (Å²) < 4.78 is 0. The first kappa shape index (κ1) is 15.1. The maximum Gasteiger partial charge on any atom is 0.263 e. The Labute approximate surface area is 136 Å². The van der Waals surface area contributed by atoms with Gasteiger partial charge in [0.05, 0.1) is 4.88 Å². The fourth-order valence-corrected chi connectivity index (χ4v) is 3.84. The van der Waals surface area contributed by atoms with Crippen LogP contribution in [0.25, 0.3) is 0 Å². The Kier molecular flexibility index (Phi) is 4.48. The number of nitrogens with zero attached hydrogens (tertiary/aromatic N) is 2. The summed E-state index contributed by atoms with van der Waals surface area (Å²) in [6.45, 7) is 4.93. The molecule has 1 aromatic carbocycles. The first-order valence-electron chi connectivity index (χ1n) is 7.80. The van der Waals surface area contributed by atoms with Crippen molar-refractivity contribution in [3.63, 3.8) is 0 Å². The van der Waals surface area contributed by atoms with E-state index in [0.717, 1.165) is 18.0 Å². The van der Waals surface area contributed by atoms with Gasteiger partial charge >= 0.3 is 0 Å². The second kappa shape index (κ2) is 6.53. The Bertz CT molecular complexity index is 659. The number of aryl methyl sites for hydroxylation is 1. The van der Waals surface area contributed by atoms with Crippen LogP contribution in [0.3, 0.4) is 0 Å². The lowest BCUT2D eigenvalue weighted by atomic mass is 10.1. The van der Waals surface area contributed by atoms with Gasteiger partial charge < -0.3 is 9.80 Å². The summed E-state index contributed by atoms with van der Waals surface area (Å²) >= 11 is 1.56. The predicted octanol–water partition coefficient (Wildman–Crippen LogP) is 3.93. The van der Waals surface area contributed by atoms with Crippen molar-refractivity contribution in [1.82, 2.24) is 4.90 Å². The van der Waals surface area contributed by atoms with Crippen LogP contribution in [0.5, 0.6) is 0 Å². The Hall–Kier alpha value is -1.81. The highest BCUT2D eigenvalue weighted by Gasteiger charge is 2.18. The molecule has 1 fully saturated rings. The molecule has 2 heterocycles. The van der Waals surface area contributed by atoms with E-state index in [1.54, 1.807) is 11.3 Å². The van der Waals surface area contributed by atoms with Gasteiger partial charge in [0, 0.05) is 37.2 Å². The Balaban J connectivity index is 1.76. The number of rotatable bonds is 4. The molecule has 22 heavy (non-hydrogen) atoms. The van der Waals surface area contributed by atoms with Crippen molar-refractivity contribution in [3.8, 4) is 0 Å². The van der Waals surface area contributed by atoms with E-state index >= 15 is 0 Å². The summed E-state index contributed by atoms with van der Waals surface area (Å²) in [5.41, 5.74) is 2.51. The van der Waals surface area contributed by atoms with Gasteiger partial charge in [0.25, 0.3) is 5.91 Å². The molecule has 0 radical (unpaired) electrons. The molecule has 116 valence electrons. The lowest BCUT2D eigenvalue weighted by molar-refractivity contribution is 0.0790.